The molecule has 0 saturated carbocycles. The lowest BCUT2D eigenvalue weighted by Crippen LogP contribution is -2.49. The van der Waals surface area contributed by atoms with Gasteiger partial charge < -0.3 is 10.1 Å². The van der Waals surface area contributed by atoms with Gasteiger partial charge in [0.15, 0.2) is 0 Å². The molecule has 116 valence electrons. The topological polar surface area (TPSA) is 38.3 Å². The van der Waals surface area contributed by atoms with E-state index in [0.717, 1.165) is 5.56 Å². The van der Waals surface area contributed by atoms with Gasteiger partial charge in [0, 0.05) is 0 Å². The first-order valence-corrected chi connectivity index (χ1v) is 10.5. The number of ether oxygens (including phenoxy) is 1. The normalized spacial score (nSPS) is 21.9. The van der Waals surface area contributed by atoms with Gasteiger partial charge in [-0.2, -0.15) is 0 Å². The Bertz CT molecular complexity index is 541. The zero-order valence-electron chi connectivity index (χ0n) is 14.2. The number of alkyl carbamates (subject to hydrolysis) is 1. The summed E-state index contributed by atoms with van der Waals surface area (Å²) in [6.07, 6.45) is -0.335. The van der Waals surface area contributed by atoms with Crippen LogP contribution in [0.5, 0.6) is 0 Å². The highest BCUT2D eigenvalue weighted by Crippen LogP contribution is 2.37. The van der Waals surface area contributed by atoms with E-state index in [1.54, 1.807) is 0 Å². The predicted octanol–water partition coefficient (Wildman–Crippen LogP) is 3.96. The van der Waals surface area contributed by atoms with Gasteiger partial charge in [0.05, 0.1) is 14.1 Å². The summed E-state index contributed by atoms with van der Waals surface area (Å²) in [7, 11) is -1.51. The summed E-state index contributed by atoms with van der Waals surface area (Å²) < 4.78 is 5.33. The van der Waals surface area contributed by atoms with E-state index in [-0.39, 0.29) is 12.1 Å². The number of amides is 1. The second-order valence-electron chi connectivity index (χ2n) is 8.07. The molecular formula is C17H27NO2Si. The summed E-state index contributed by atoms with van der Waals surface area (Å²) in [6.45, 7) is 15.7. The standard InChI is InChI=1S/C17H27NO2Si/c1-16(2,3)21(6,7)13-10-8-12(9-11-13)14-17(4,5)20-15(19)18-14/h8-11,14H,1-7H3,(H,18,19). The summed E-state index contributed by atoms with van der Waals surface area (Å²) in [5.74, 6) is 0. The molecule has 0 aliphatic carbocycles. The average molecular weight is 305 g/mol. The Labute approximate surface area is 129 Å². The minimum Gasteiger partial charge on any atom is -0.441 e. The number of nitrogens with one attached hydrogen (secondary N) is 1. The second kappa shape index (κ2) is 4.87. The van der Waals surface area contributed by atoms with E-state index in [1.165, 1.54) is 5.19 Å². The third kappa shape index (κ3) is 2.86. The molecule has 4 heteroatoms. The molecule has 3 nitrogen and oxygen atoms in total. The lowest BCUT2D eigenvalue weighted by atomic mass is 9.93. The van der Waals surface area contributed by atoms with Crippen molar-refractivity contribution >= 4 is 19.4 Å². The molecule has 0 radical (unpaired) electrons. The Balaban J connectivity index is 2.30. The van der Waals surface area contributed by atoms with E-state index in [1.807, 2.05) is 13.8 Å². The van der Waals surface area contributed by atoms with Crippen LogP contribution in [0.3, 0.4) is 0 Å². The van der Waals surface area contributed by atoms with Crippen LogP contribution < -0.4 is 10.5 Å². The molecule has 1 fully saturated rings. The highest BCUT2D eigenvalue weighted by molar-refractivity contribution is 6.92. The van der Waals surface area contributed by atoms with Crippen molar-refractivity contribution in [1.29, 1.82) is 0 Å². The maximum absolute atomic E-state index is 11.5. The number of carbonyl (C=O) groups excluding carboxylic acids is 1. The zero-order chi connectivity index (χ0) is 16.1. The first-order valence-electron chi connectivity index (χ1n) is 7.55. The highest BCUT2D eigenvalue weighted by atomic mass is 28.3. The Hall–Kier alpha value is -1.29. The molecule has 0 spiro atoms. The van der Waals surface area contributed by atoms with Crippen molar-refractivity contribution in [2.75, 3.05) is 0 Å². The van der Waals surface area contributed by atoms with Crippen molar-refractivity contribution in [3.05, 3.63) is 29.8 Å². The Morgan fingerprint density at radius 3 is 2.05 bits per heavy atom. The van der Waals surface area contributed by atoms with Crippen molar-refractivity contribution in [3.63, 3.8) is 0 Å². The fraction of sp³-hybridized carbons (Fsp3) is 0.588. The van der Waals surface area contributed by atoms with E-state index >= 15 is 0 Å². The van der Waals surface area contributed by atoms with Crippen LogP contribution in [0, 0.1) is 0 Å². The van der Waals surface area contributed by atoms with Gasteiger partial charge in [-0.05, 0) is 24.4 Å². The quantitative estimate of drug-likeness (QED) is 0.840. The number of carbonyl (C=O) groups is 1. The molecule has 1 aromatic rings. The van der Waals surface area contributed by atoms with Crippen molar-refractivity contribution < 1.29 is 9.53 Å². The fourth-order valence-corrected chi connectivity index (χ4v) is 4.49. The van der Waals surface area contributed by atoms with E-state index in [2.05, 4.69) is 63.4 Å². The number of hydrogen-bond donors (Lipinski definition) is 1. The molecule has 0 bridgehead atoms. The van der Waals surface area contributed by atoms with Crippen LogP contribution >= 0.6 is 0 Å². The van der Waals surface area contributed by atoms with Gasteiger partial charge >= 0.3 is 6.09 Å². The van der Waals surface area contributed by atoms with Gasteiger partial charge in [-0.1, -0.05) is 63.3 Å². The van der Waals surface area contributed by atoms with E-state index in [0.29, 0.717) is 5.04 Å². The van der Waals surface area contributed by atoms with Crippen molar-refractivity contribution in [2.24, 2.45) is 0 Å². The van der Waals surface area contributed by atoms with Crippen LogP contribution in [0.15, 0.2) is 24.3 Å². The molecular weight excluding hydrogens is 278 g/mol. The fourth-order valence-electron chi connectivity index (χ4n) is 2.63. The smallest absolute Gasteiger partial charge is 0.408 e. The highest BCUT2D eigenvalue weighted by Gasteiger charge is 2.42. The molecule has 1 unspecified atom stereocenters. The maximum atomic E-state index is 11.5. The van der Waals surface area contributed by atoms with E-state index < -0.39 is 13.7 Å². The van der Waals surface area contributed by atoms with Gasteiger partial charge in [-0.25, -0.2) is 4.79 Å². The number of rotatable bonds is 2. The molecule has 1 amide bonds. The van der Waals surface area contributed by atoms with Crippen LogP contribution in [0.4, 0.5) is 4.79 Å². The number of cyclic esters (lactones) is 1. The molecule has 1 aliphatic heterocycles. The number of benzene rings is 1. The zero-order valence-corrected chi connectivity index (χ0v) is 15.2. The summed E-state index contributed by atoms with van der Waals surface area (Å²) in [5, 5.41) is 4.66. The van der Waals surface area contributed by atoms with Crippen molar-refractivity contribution in [3.8, 4) is 0 Å². The summed E-state index contributed by atoms with van der Waals surface area (Å²) in [5.41, 5.74) is 0.601. The minimum atomic E-state index is -1.51. The average Bonchev–Trinajstić information content (AvgIpc) is 2.61. The number of hydrogen-bond acceptors (Lipinski definition) is 2. The molecule has 0 aromatic heterocycles. The molecule has 1 N–H and O–H groups in total. The lowest BCUT2D eigenvalue weighted by molar-refractivity contribution is 0.0684. The van der Waals surface area contributed by atoms with Crippen LogP contribution in [0.25, 0.3) is 0 Å². The van der Waals surface area contributed by atoms with Gasteiger partial charge in [0.2, 0.25) is 0 Å². The Morgan fingerprint density at radius 1 is 1.14 bits per heavy atom. The van der Waals surface area contributed by atoms with Crippen LogP contribution in [-0.4, -0.2) is 19.8 Å². The van der Waals surface area contributed by atoms with Gasteiger partial charge in [0.1, 0.15) is 5.60 Å². The largest absolute Gasteiger partial charge is 0.441 e. The molecule has 1 aromatic carbocycles. The van der Waals surface area contributed by atoms with Crippen LogP contribution in [-0.2, 0) is 4.74 Å². The van der Waals surface area contributed by atoms with Crippen LogP contribution in [0.2, 0.25) is 18.1 Å². The van der Waals surface area contributed by atoms with E-state index in [9.17, 15) is 4.79 Å². The first-order chi connectivity index (χ1) is 9.45. The first kappa shape index (κ1) is 16.1. The lowest BCUT2D eigenvalue weighted by Gasteiger charge is -2.37. The predicted molar refractivity (Wildman–Crippen MR) is 89.7 cm³/mol. The molecule has 1 heterocycles. The summed E-state index contributed by atoms with van der Waals surface area (Å²) in [4.78, 5) is 11.5. The maximum Gasteiger partial charge on any atom is 0.408 e. The third-order valence-corrected chi connectivity index (χ3v) is 10.7. The third-order valence-electron chi connectivity index (χ3n) is 5.15. The Morgan fingerprint density at radius 2 is 1.67 bits per heavy atom. The summed E-state index contributed by atoms with van der Waals surface area (Å²) >= 11 is 0. The van der Waals surface area contributed by atoms with E-state index in [4.69, 9.17) is 4.74 Å². The molecule has 1 atom stereocenters. The molecule has 21 heavy (non-hydrogen) atoms. The Kier molecular flexibility index (Phi) is 3.73. The van der Waals surface area contributed by atoms with Crippen molar-refractivity contribution in [1.82, 2.24) is 5.32 Å². The molecule has 2 rings (SSSR count). The van der Waals surface area contributed by atoms with Gasteiger partial charge in [-0.15, -0.1) is 0 Å². The molecule has 1 saturated heterocycles. The molecule has 1 aliphatic rings. The van der Waals surface area contributed by atoms with Gasteiger partial charge in [-0.3, -0.25) is 0 Å². The SMILES string of the molecule is CC1(C)OC(=O)NC1c1ccc([Si](C)(C)C(C)(C)C)cc1. The van der Waals surface area contributed by atoms with Crippen LogP contribution in [0.1, 0.15) is 46.2 Å². The van der Waals surface area contributed by atoms with Crippen molar-refractivity contribution in [2.45, 2.75) is 64.4 Å². The second-order valence-corrected chi connectivity index (χ2v) is 13.4. The minimum absolute atomic E-state index is 0.0848. The van der Waals surface area contributed by atoms with Gasteiger partial charge in [0.25, 0.3) is 0 Å². The monoisotopic (exact) mass is 305 g/mol. The summed E-state index contributed by atoms with van der Waals surface area (Å²) in [6, 6.07) is 8.65.